The summed E-state index contributed by atoms with van der Waals surface area (Å²) >= 11 is 0. The zero-order valence-electron chi connectivity index (χ0n) is 13.3. The van der Waals surface area contributed by atoms with E-state index in [1.54, 1.807) is 44.6 Å². The molecule has 0 aliphatic heterocycles. The molecule has 120 valence electrons. The third kappa shape index (κ3) is 3.90. The minimum Gasteiger partial charge on any atom is -0.497 e. The second kappa shape index (κ2) is 7.47. The summed E-state index contributed by atoms with van der Waals surface area (Å²) < 4.78 is 10.4. The molecule has 0 radical (unpaired) electrons. The van der Waals surface area contributed by atoms with Crippen LogP contribution in [-0.4, -0.2) is 30.9 Å². The largest absolute Gasteiger partial charge is 0.497 e. The molecule has 0 aliphatic carbocycles. The lowest BCUT2D eigenvalue weighted by atomic mass is 10.1. The minimum absolute atomic E-state index is 0.189. The number of anilines is 1. The van der Waals surface area contributed by atoms with E-state index in [0.29, 0.717) is 28.4 Å². The number of rotatable bonds is 6. The van der Waals surface area contributed by atoms with Crippen LogP contribution in [-0.2, 0) is 0 Å². The number of methoxy groups -OCH3 is 2. The van der Waals surface area contributed by atoms with Crippen LogP contribution in [0.1, 0.15) is 22.9 Å². The summed E-state index contributed by atoms with van der Waals surface area (Å²) in [6.07, 6.45) is -0.839. The highest BCUT2D eigenvalue weighted by Crippen LogP contribution is 2.29. The zero-order chi connectivity index (χ0) is 16.8. The van der Waals surface area contributed by atoms with Gasteiger partial charge in [0, 0.05) is 17.8 Å². The zero-order valence-corrected chi connectivity index (χ0v) is 13.3. The van der Waals surface area contributed by atoms with Gasteiger partial charge in [-0.15, -0.1) is 0 Å². The van der Waals surface area contributed by atoms with Gasteiger partial charge >= 0.3 is 0 Å². The van der Waals surface area contributed by atoms with Crippen molar-refractivity contribution in [2.24, 2.45) is 0 Å². The van der Waals surface area contributed by atoms with E-state index in [4.69, 9.17) is 14.7 Å². The molecule has 0 spiro atoms. The predicted molar refractivity (Wildman–Crippen MR) is 86.7 cm³/mol. The summed E-state index contributed by atoms with van der Waals surface area (Å²) in [5.74, 6) is 1.65. The molecular weight excluding hydrogens is 294 g/mol. The molecule has 0 unspecified atom stereocenters. The van der Waals surface area contributed by atoms with E-state index in [2.05, 4.69) is 16.4 Å². The van der Waals surface area contributed by atoms with Crippen LogP contribution in [0.3, 0.4) is 0 Å². The third-order valence-corrected chi connectivity index (χ3v) is 3.41. The summed E-state index contributed by atoms with van der Waals surface area (Å²) in [4.78, 5) is 4.29. The fraction of sp³-hybridized carbons (Fsp3) is 0.294. The van der Waals surface area contributed by atoms with Gasteiger partial charge < -0.3 is 19.9 Å². The number of benzene rings is 1. The van der Waals surface area contributed by atoms with Gasteiger partial charge in [-0.2, -0.15) is 5.26 Å². The number of hydrogen-bond acceptors (Lipinski definition) is 6. The highest BCUT2D eigenvalue weighted by atomic mass is 16.5. The molecule has 2 N–H and O–H groups in total. The average Bonchev–Trinajstić information content (AvgIpc) is 2.59. The van der Waals surface area contributed by atoms with E-state index in [1.165, 1.54) is 0 Å². The molecular formula is C17H19N3O3. The van der Waals surface area contributed by atoms with E-state index in [0.717, 1.165) is 5.69 Å². The Morgan fingerprint density at radius 2 is 2.04 bits per heavy atom. The van der Waals surface area contributed by atoms with E-state index in [-0.39, 0.29) is 6.54 Å². The fourth-order valence-electron chi connectivity index (χ4n) is 2.18. The number of pyridine rings is 1. The van der Waals surface area contributed by atoms with Gasteiger partial charge in [-0.3, -0.25) is 0 Å². The molecule has 1 aromatic heterocycles. The molecule has 2 aromatic rings. The van der Waals surface area contributed by atoms with Gasteiger partial charge in [0.2, 0.25) is 0 Å². The Morgan fingerprint density at radius 1 is 1.26 bits per heavy atom. The third-order valence-electron chi connectivity index (χ3n) is 3.41. The highest BCUT2D eigenvalue weighted by molar-refractivity contribution is 5.52. The Bertz CT molecular complexity index is 726. The Hall–Kier alpha value is -2.78. The lowest BCUT2D eigenvalue weighted by Crippen LogP contribution is -2.15. The summed E-state index contributed by atoms with van der Waals surface area (Å²) in [6, 6.07) is 10.8. The van der Waals surface area contributed by atoms with Crippen molar-refractivity contribution < 1.29 is 14.6 Å². The minimum atomic E-state index is -0.839. The van der Waals surface area contributed by atoms with Gasteiger partial charge in [-0.1, -0.05) is 0 Å². The molecule has 1 aromatic carbocycles. The molecule has 0 bridgehead atoms. The Labute approximate surface area is 135 Å². The molecule has 0 amide bonds. The molecule has 2 rings (SSSR count). The Kier molecular flexibility index (Phi) is 5.39. The van der Waals surface area contributed by atoms with Crippen molar-refractivity contribution in [2.45, 2.75) is 13.0 Å². The van der Waals surface area contributed by atoms with Crippen LogP contribution in [0.25, 0.3) is 0 Å². The number of hydrogen-bond donors (Lipinski definition) is 2. The molecule has 6 heteroatoms. The highest BCUT2D eigenvalue weighted by Gasteiger charge is 2.15. The number of aliphatic hydroxyl groups is 1. The fourth-order valence-corrected chi connectivity index (χ4v) is 2.18. The maximum atomic E-state index is 10.4. The predicted octanol–water partition coefficient (Wildman–Crippen LogP) is 2.42. The first-order valence-corrected chi connectivity index (χ1v) is 7.10. The van der Waals surface area contributed by atoms with Gasteiger partial charge in [-0.05, 0) is 37.3 Å². The van der Waals surface area contributed by atoms with Crippen molar-refractivity contribution in [3.8, 4) is 17.6 Å². The second-order valence-electron chi connectivity index (χ2n) is 4.97. The van der Waals surface area contributed by atoms with Crippen LogP contribution < -0.4 is 14.8 Å². The average molecular weight is 313 g/mol. The van der Waals surface area contributed by atoms with Crippen LogP contribution >= 0.6 is 0 Å². The van der Waals surface area contributed by atoms with Crippen LogP contribution in [0.15, 0.2) is 30.3 Å². The lowest BCUT2D eigenvalue weighted by molar-refractivity contribution is 0.186. The van der Waals surface area contributed by atoms with Gasteiger partial charge in [0.25, 0.3) is 0 Å². The van der Waals surface area contributed by atoms with Crippen LogP contribution in [0.2, 0.25) is 0 Å². The molecule has 0 fully saturated rings. The van der Waals surface area contributed by atoms with Crippen LogP contribution in [0, 0.1) is 18.3 Å². The SMILES string of the molecule is COc1ccc(OC)c([C@@H](O)CNc2nc(C)ccc2C#N)c1. The van der Waals surface area contributed by atoms with Gasteiger partial charge in [0.15, 0.2) is 0 Å². The smallest absolute Gasteiger partial charge is 0.144 e. The summed E-state index contributed by atoms with van der Waals surface area (Å²) in [7, 11) is 3.10. The van der Waals surface area contributed by atoms with Crippen molar-refractivity contribution in [3.05, 3.63) is 47.2 Å². The number of aryl methyl sites for hydroxylation is 1. The summed E-state index contributed by atoms with van der Waals surface area (Å²) in [5, 5.41) is 22.6. The Balaban J connectivity index is 2.18. The van der Waals surface area contributed by atoms with Gasteiger partial charge in [0.05, 0.1) is 25.9 Å². The van der Waals surface area contributed by atoms with E-state index < -0.39 is 6.10 Å². The molecule has 0 saturated carbocycles. The number of nitriles is 1. The van der Waals surface area contributed by atoms with Gasteiger partial charge in [0.1, 0.15) is 23.4 Å². The molecule has 1 atom stereocenters. The maximum absolute atomic E-state index is 10.4. The molecule has 0 aliphatic rings. The molecule has 6 nitrogen and oxygen atoms in total. The number of ether oxygens (including phenoxy) is 2. The number of nitrogens with one attached hydrogen (secondary N) is 1. The summed E-state index contributed by atoms with van der Waals surface area (Å²) in [6.45, 7) is 2.03. The first-order chi connectivity index (χ1) is 11.1. The topological polar surface area (TPSA) is 87.4 Å². The van der Waals surface area contributed by atoms with Crippen molar-refractivity contribution >= 4 is 5.82 Å². The maximum Gasteiger partial charge on any atom is 0.144 e. The standard InChI is InChI=1S/C17H19N3O3/c1-11-4-5-12(9-18)17(20-11)19-10-15(21)14-8-13(22-2)6-7-16(14)23-3/h4-8,15,21H,10H2,1-3H3,(H,19,20)/t15-/m0/s1. The number of aromatic nitrogens is 1. The van der Waals surface area contributed by atoms with Crippen molar-refractivity contribution in [1.82, 2.24) is 4.98 Å². The lowest BCUT2D eigenvalue weighted by Gasteiger charge is -2.17. The summed E-state index contributed by atoms with van der Waals surface area (Å²) in [5.41, 5.74) is 1.82. The molecule has 23 heavy (non-hydrogen) atoms. The van der Waals surface area contributed by atoms with Crippen molar-refractivity contribution in [1.29, 1.82) is 5.26 Å². The van der Waals surface area contributed by atoms with Crippen molar-refractivity contribution in [3.63, 3.8) is 0 Å². The normalized spacial score (nSPS) is 11.4. The first-order valence-electron chi connectivity index (χ1n) is 7.10. The number of aliphatic hydroxyl groups excluding tert-OH is 1. The molecule has 0 saturated heterocycles. The quantitative estimate of drug-likeness (QED) is 0.851. The van der Waals surface area contributed by atoms with E-state index >= 15 is 0 Å². The van der Waals surface area contributed by atoms with Crippen molar-refractivity contribution in [2.75, 3.05) is 26.1 Å². The monoisotopic (exact) mass is 313 g/mol. The number of nitrogens with zero attached hydrogens (tertiary/aromatic N) is 2. The first kappa shape index (κ1) is 16.6. The molecule has 1 heterocycles. The van der Waals surface area contributed by atoms with Crippen LogP contribution in [0.5, 0.6) is 11.5 Å². The Morgan fingerprint density at radius 3 is 2.70 bits per heavy atom. The van der Waals surface area contributed by atoms with E-state index in [9.17, 15) is 5.11 Å². The second-order valence-corrected chi connectivity index (χ2v) is 4.97. The van der Waals surface area contributed by atoms with Crippen LogP contribution in [0.4, 0.5) is 5.82 Å². The van der Waals surface area contributed by atoms with Gasteiger partial charge in [-0.25, -0.2) is 4.98 Å². The van der Waals surface area contributed by atoms with E-state index in [1.807, 2.05) is 6.92 Å².